The standard InChI is InChI=1S/C19H27N3O2/c20-18(23)9-11-21-10-5-4-8-16-13-22(14-17(16)21)19(24)12-15-6-2-1-3-7-15/h1-3,6-7,16-17H,4-5,8-14H2,(H2,20,23)/t16-,17+/m0/s1. The minimum Gasteiger partial charge on any atom is -0.370 e. The summed E-state index contributed by atoms with van der Waals surface area (Å²) in [5.74, 6) is 0.495. The van der Waals surface area contributed by atoms with Crippen molar-refractivity contribution in [2.45, 2.75) is 38.1 Å². The lowest BCUT2D eigenvalue weighted by atomic mass is 9.98. The molecule has 0 saturated carbocycles. The molecule has 2 amide bonds. The predicted octanol–water partition coefficient (Wildman–Crippen LogP) is 1.42. The van der Waals surface area contributed by atoms with Gasteiger partial charge in [-0.15, -0.1) is 0 Å². The lowest BCUT2D eigenvalue weighted by molar-refractivity contribution is -0.129. The van der Waals surface area contributed by atoms with Gasteiger partial charge in [0.05, 0.1) is 6.42 Å². The Morgan fingerprint density at radius 3 is 2.67 bits per heavy atom. The summed E-state index contributed by atoms with van der Waals surface area (Å²) >= 11 is 0. The number of fused-ring (bicyclic) bond motifs is 1. The Morgan fingerprint density at radius 1 is 1.12 bits per heavy atom. The number of carbonyl (C=O) groups excluding carboxylic acids is 2. The van der Waals surface area contributed by atoms with Gasteiger partial charge in [-0.05, 0) is 30.9 Å². The summed E-state index contributed by atoms with van der Waals surface area (Å²) in [7, 11) is 0. The molecule has 1 aromatic rings. The number of hydrogen-bond donors (Lipinski definition) is 1. The third-order valence-electron chi connectivity index (χ3n) is 5.34. The van der Waals surface area contributed by atoms with E-state index in [1.165, 1.54) is 19.3 Å². The number of rotatable bonds is 5. The first-order valence-electron chi connectivity index (χ1n) is 8.97. The number of primary amides is 1. The molecule has 1 aromatic carbocycles. The number of likely N-dealkylation sites (tertiary alicyclic amines) is 2. The van der Waals surface area contributed by atoms with Gasteiger partial charge in [0.2, 0.25) is 11.8 Å². The van der Waals surface area contributed by atoms with Crippen LogP contribution in [0.25, 0.3) is 0 Å². The Morgan fingerprint density at radius 2 is 1.92 bits per heavy atom. The van der Waals surface area contributed by atoms with Gasteiger partial charge < -0.3 is 10.6 Å². The molecule has 2 heterocycles. The fraction of sp³-hybridized carbons (Fsp3) is 0.579. The van der Waals surface area contributed by atoms with E-state index in [2.05, 4.69) is 4.90 Å². The van der Waals surface area contributed by atoms with Gasteiger partial charge in [-0.25, -0.2) is 0 Å². The molecule has 0 radical (unpaired) electrons. The van der Waals surface area contributed by atoms with Gasteiger partial charge in [0.15, 0.2) is 0 Å². The third kappa shape index (κ3) is 4.15. The highest BCUT2D eigenvalue weighted by Gasteiger charge is 2.39. The molecule has 0 spiro atoms. The van der Waals surface area contributed by atoms with Crippen molar-refractivity contribution in [3.63, 3.8) is 0 Å². The van der Waals surface area contributed by atoms with Gasteiger partial charge in [0.1, 0.15) is 0 Å². The highest BCUT2D eigenvalue weighted by atomic mass is 16.2. The molecule has 2 atom stereocenters. The Labute approximate surface area is 143 Å². The number of carbonyl (C=O) groups is 2. The zero-order valence-electron chi connectivity index (χ0n) is 14.2. The normalized spacial score (nSPS) is 24.4. The van der Waals surface area contributed by atoms with E-state index >= 15 is 0 Å². The zero-order chi connectivity index (χ0) is 16.9. The topological polar surface area (TPSA) is 66.6 Å². The number of nitrogens with zero attached hydrogens (tertiary/aromatic N) is 2. The molecule has 5 nitrogen and oxygen atoms in total. The van der Waals surface area contributed by atoms with Crippen LogP contribution in [-0.4, -0.2) is 53.8 Å². The van der Waals surface area contributed by atoms with E-state index < -0.39 is 0 Å². The van der Waals surface area contributed by atoms with Crippen molar-refractivity contribution < 1.29 is 9.59 Å². The van der Waals surface area contributed by atoms with Crippen molar-refractivity contribution in [2.75, 3.05) is 26.2 Å². The van der Waals surface area contributed by atoms with Crippen LogP contribution in [0.3, 0.4) is 0 Å². The van der Waals surface area contributed by atoms with E-state index in [1.54, 1.807) is 0 Å². The first-order valence-corrected chi connectivity index (χ1v) is 8.97. The Kier molecular flexibility index (Phi) is 5.51. The van der Waals surface area contributed by atoms with Gasteiger partial charge >= 0.3 is 0 Å². The summed E-state index contributed by atoms with van der Waals surface area (Å²) in [5, 5.41) is 0. The van der Waals surface area contributed by atoms with E-state index in [1.807, 2.05) is 35.2 Å². The van der Waals surface area contributed by atoms with E-state index in [0.717, 1.165) is 31.7 Å². The van der Waals surface area contributed by atoms with Crippen LogP contribution in [0.2, 0.25) is 0 Å². The molecular weight excluding hydrogens is 302 g/mol. The maximum atomic E-state index is 12.7. The molecular formula is C19H27N3O2. The van der Waals surface area contributed by atoms with Crippen molar-refractivity contribution in [3.05, 3.63) is 35.9 Å². The Hall–Kier alpha value is -1.88. The van der Waals surface area contributed by atoms with Crippen LogP contribution in [0.5, 0.6) is 0 Å². The quantitative estimate of drug-likeness (QED) is 0.888. The van der Waals surface area contributed by atoms with E-state index in [9.17, 15) is 9.59 Å². The predicted molar refractivity (Wildman–Crippen MR) is 93.2 cm³/mol. The summed E-state index contributed by atoms with van der Waals surface area (Å²) in [5.41, 5.74) is 6.39. The van der Waals surface area contributed by atoms with Crippen LogP contribution < -0.4 is 5.73 Å². The molecule has 2 aliphatic rings. The second-order valence-corrected chi connectivity index (χ2v) is 7.04. The van der Waals surface area contributed by atoms with E-state index in [0.29, 0.717) is 24.8 Å². The maximum absolute atomic E-state index is 12.7. The third-order valence-corrected chi connectivity index (χ3v) is 5.34. The fourth-order valence-corrected chi connectivity index (χ4v) is 4.06. The molecule has 2 saturated heterocycles. The van der Waals surface area contributed by atoms with Crippen LogP contribution in [0, 0.1) is 5.92 Å². The largest absolute Gasteiger partial charge is 0.370 e. The second kappa shape index (κ2) is 7.79. The molecule has 2 N–H and O–H groups in total. The molecule has 3 rings (SSSR count). The van der Waals surface area contributed by atoms with Gasteiger partial charge in [0.25, 0.3) is 0 Å². The number of hydrogen-bond acceptors (Lipinski definition) is 3. The van der Waals surface area contributed by atoms with Gasteiger partial charge in [-0.2, -0.15) is 0 Å². The Balaban J connectivity index is 1.62. The van der Waals surface area contributed by atoms with Gasteiger partial charge in [0, 0.05) is 32.1 Å². The van der Waals surface area contributed by atoms with Crippen LogP contribution in [0.15, 0.2) is 30.3 Å². The summed E-state index contributed by atoms with van der Waals surface area (Å²) in [6.45, 7) is 3.37. The summed E-state index contributed by atoms with van der Waals surface area (Å²) in [6, 6.07) is 10.3. The SMILES string of the molecule is NC(=O)CCN1CCCC[C@H]2CN(C(=O)Cc3ccccc3)C[C@H]21. The van der Waals surface area contributed by atoms with Crippen molar-refractivity contribution >= 4 is 11.8 Å². The summed E-state index contributed by atoms with van der Waals surface area (Å²) in [6.07, 6.45) is 4.42. The molecule has 0 unspecified atom stereocenters. The van der Waals surface area contributed by atoms with Crippen molar-refractivity contribution in [1.82, 2.24) is 9.80 Å². The lowest BCUT2D eigenvalue weighted by Crippen LogP contribution is -2.42. The smallest absolute Gasteiger partial charge is 0.227 e. The van der Waals surface area contributed by atoms with Crippen molar-refractivity contribution in [1.29, 1.82) is 0 Å². The van der Waals surface area contributed by atoms with Crippen molar-refractivity contribution in [2.24, 2.45) is 11.7 Å². The first kappa shape index (κ1) is 17.0. The molecule has 24 heavy (non-hydrogen) atoms. The highest BCUT2D eigenvalue weighted by molar-refractivity contribution is 5.79. The second-order valence-electron chi connectivity index (χ2n) is 7.04. The maximum Gasteiger partial charge on any atom is 0.227 e. The minimum atomic E-state index is -0.245. The number of benzene rings is 1. The lowest BCUT2D eigenvalue weighted by Gasteiger charge is -2.29. The summed E-state index contributed by atoms with van der Waals surface area (Å²) < 4.78 is 0. The first-order chi connectivity index (χ1) is 11.6. The minimum absolute atomic E-state index is 0.212. The van der Waals surface area contributed by atoms with Crippen LogP contribution in [0.4, 0.5) is 0 Å². The average molecular weight is 329 g/mol. The zero-order valence-corrected chi connectivity index (χ0v) is 14.2. The molecule has 2 fully saturated rings. The molecule has 0 bridgehead atoms. The average Bonchev–Trinajstić information content (AvgIpc) is 2.90. The number of amides is 2. The molecule has 130 valence electrons. The van der Waals surface area contributed by atoms with E-state index in [-0.39, 0.29) is 11.8 Å². The Bertz CT molecular complexity index is 575. The van der Waals surface area contributed by atoms with Gasteiger partial charge in [-0.1, -0.05) is 36.8 Å². The molecule has 0 aromatic heterocycles. The van der Waals surface area contributed by atoms with Crippen LogP contribution in [0.1, 0.15) is 31.2 Å². The number of nitrogens with two attached hydrogens (primary N) is 1. The van der Waals surface area contributed by atoms with Crippen LogP contribution in [-0.2, 0) is 16.0 Å². The van der Waals surface area contributed by atoms with E-state index in [4.69, 9.17) is 5.73 Å². The van der Waals surface area contributed by atoms with Crippen LogP contribution >= 0.6 is 0 Å². The summed E-state index contributed by atoms with van der Waals surface area (Å²) in [4.78, 5) is 28.2. The molecule has 0 aliphatic carbocycles. The van der Waals surface area contributed by atoms with Crippen molar-refractivity contribution in [3.8, 4) is 0 Å². The highest BCUT2D eigenvalue weighted by Crippen LogP contribution is 2.30. The fourth-order valence-electron chi connectivity index (χ4n) is 4.06. The molecule has 5 heteroatoms. The molecule has 2 aliphatic heterocycles. The monoisotopic (exact) mass is 329 g/mol. The van der Waals surface area contributed by atoms with Gasteiger partial charge in [-0.3, -0.25) is 14.5 Å².